The molecule has 14 nitrogen and oxygen atoms in total. The molecule has 1 aromatic carbocycles. The average Bonchev–Trinajstić information content (AvgIpc) is 3.31. The predicted molar refractivity (Wildman–Crippen MR) is 147 cm³/mol. The highest BCUT2D eigenvalue weighted by atomic mass is 16.4. The van der Waals surface area contributed by atoms with E-state index in [2.05, 4.69) is 25.9 Å². The zero-order valence-electron chi connectivity index (χ0n) is 21.8. The van der Waals surface area contributed by atoms with Crippen LogP contribution in [0.1, 0.15) is 37.7 Å². The van der Waals surface area contributed by atoms with Crippen molar-refractivity contribution in [2.24, 2.45) is 27.9 Å². The summed E-state index contributed by atoms with van der Waals surface area (Å²) < 4.78 is 0. The molecule has 3 amide bonds. The number of carboxylic acids is 1. The fraction of sp³-hybridized carbons (Fsp3) is 0.480. The predicted octanol–water partition coefficient (Wildman–Crippen LogP) is -1.61. The summed E-state index contributed by atoms with van der Waals surface area (Å²) >= 11 is 0. The first-order valence-corrected chi connectivity index (χ1v) is 12.8. The number of unbranched alkanes of at least 4 members (excludes halogenated alkanes) is 1. The van der Waals surface area contributed by atoms with Crippen molar-refractivity contribution < 1.29 is 24.3 Å². The van der Waals surface area contributed by atoms with E-state index in [-0.39, 0.29) is 18.8 Å². The fourth-order valence-corrected chi connectivity index (χ4v) is 3.95. The lowest BCUT2D eigenvalue weighted by Crippen LogP contribution is -2.54. The second-order valence-corrected chi connectivity index (χ2v) is 9.14. The van der Waals surface area contributed by atoms with Crippen LogP contribution in [-0.4, -0.2) is 77.5 Å². The number of nitrogens with one attached hydrogen (secondary N) is 4. The maximum atomic E-state index is 13.1. The van der Waals surface area contributed by atoms with E-state index in [0.29, 0.717) is 38.8 Å². The molecular weight excluding hydrogens is 506 g/mol. The highest BCUT2D eigenvalue weighted by Crippen LogP contribution is 2.19. The summed E-state index contributed by atoms with van der Waals surface area (Å²) in [4.78, 5) is 56.7. The lowest BCUT2D eigenvalue weighted by atomic mass is 10.0. The lowest BCUT2D eigenvalue weighted by Gasteiger charge is -2.22. The number of hydrogen-bond donors (Lipinski definition) is 9. The van der Waals surface area contributed by atoms with E-state index in [9.17, 15) is 24.3 Å². The number of aromatic nitrogens is 1. The van der Waals surface area contributed by atoms with Crippen LogP contribution >= 0.6 is 0 Å². The molecule has 3 atom stereocenters. The topological polar surface area (TPSA) is 257 Å². The maximum absolute atomic E-state index is 13.1. The molecule has 14 heteroatoms. The summed E-state index contributed by atoms with van der Waals surface area (Å²) in [7, 11) is 0. The smallest absolute Gasteiger partial charge is 0.326 e. The molecule has 3 unspecified atom stereocenters. The molecule has 39 heavy (non-hydrogen) atoms. The number of aliphatic carboxylic acids is 1. The molecule has 2 rings (SSSR count). The minimum absolute atomic E-state index is 0.0473. The van der Waals surface area contributed by atoms with Crippen molar-refractivity contribution in [1.82, 2.24) is 20.9 Å². The van der Waals surface area contributed by atoms with Gasteiger partial charge in [-0.05, 0) is 50.3 Å². The van der Waals surface area contributed by atoms with Crippen LogP contribution in [0.25, 0.3) is 10.9 Å². The molecule has 0 fully saturated rings. The largest absolute Gasteiger partial charge is 0.480 e. The third-order valence-electron chi connectivity index (χ3n) is 6.04. The summed E-state index contributed by atoms with van der Waals surface area (Å²) in [6.45, 7) is 0.317. The minimum atomic E-state index is -1.22. The Balaban J connectivity index is 1.96. The second kappa shape index (κ2) is 15.9. The first-order valence-electron chi connectivity index (χ1n) is 12.8. The monoisotopic (exact) mass is 545 g/mol. The van der Waals surface area contributed by atoms with Gasteiger partial charge in [0.1, 0.15) is 12.1 Å². The molecule has 1 heterocycles. The Morgan fingerprint density at radius 3 is 2.41 bits per heavy atom. The lowest BCUT2D eigenvalue weighted by molar-refractivity contribution is -0.142. The number of H-pyrrole nitrogens is 1. The normalized spacial score (nSPS) is 13.2. The number of carbonyl (C=O) groups is 4. The van der Waals surface area contributed by atoms with Crippen molar-refractivity contribution in [2.75, 3.05) is 19.6 Å². The van der Waals surface area contributed by atoms with Gasteiger partial charge in [-0.25, -0.2) is 4.79 Å². The maximum Gasteiger partial charge on any atom is 0.326 e. The van der Waals surface area contributed by atoms with E-state index in [0.717, 1.165) is 16.5 Å². The van der Waals surface area contributed by atoms with Gasteiger partial charge in [0.15, 0.2) is 5.96 Å². The van der Waals surface area contributed by atoms with Crippen LogP contribution in [0, 0.1) is 0 Å². The molecule has 0 aliphatic rings. The van der Waals surface area contributed by atoms with Crippen molar-refractivity contribution in [3.8, 4) is 0 Å². The number of para-hydroxylation sites is 1. The van der Waals surface area contributed by atoms with Gasteiger partial charge in [-0.2, -0.15) is 0 Å². The molecule has 13 N–H and O–H groups in total. The molecule has 0 saturated heterocycles. The van der Waals surface area contributed by atoms with Gasteiger partial charge in [0, 0.05) is 30.1 Å². The van der Waals surface area contributed by atoms with E-state index in [1.165, 1.54) is 0 Å². The number of aliphatic imine (C=N–C) groups is 1. The van der Waals surface area contributed by atoms with Crippen LogP contribution in [-0.2, 0) is 25.6 Å². The number of rotatable bonds is 17. The summed E-state index contributed by atoms with van der Waals surface area (Å²) in [5.41, 5.74) is 23.5. The van der Waals surface area contributed by atoms with Crippen molar-refractivity contribution in [3.63, 3.8) is 0 Å². The van der Waals surface area contributed by atoms with Crippen LogP contribution in [0.15, 0.2) is 35.5 Å². The number of fused-ring (bicyclic) bond motifs is 1. The van der Waals surface area contributed by atoms with Crippen molar-refractivity contribution in [2.45, 2.75) is 56.7 Å². The summed E-state index contributed by atoms with van der Waals surface area (Å²) in [6.07, 6.45) is 3.93. The zero-order chi connectivity index (χ0) is 28.8. The Bertz CT molecular complexity index is 1150. The molecular formula is C25H39N9O5. The number of amides is 3. The van der Waals surface area contributed by atoms with E-state index >= 15 is 0 Å². The molecule has 0 saturated carbocycles. The van der Waals surface area contributed by atoms with Crippen LogP contribution in [0.5, 0.6) is 0 Å². The number of carboxylic acid groups (broad SMARTS) is 1. The fourth-order valence-electron chi connectivity index (χ4n) is 3.95. The molecule has 0 bridgehead atoms. The number of aromatic amines is 1. The Hall–Kier alpha value is -4.17. The van der Waals surface area contributed by atoms with Gasteiger partial charge >= 0.3 is 5.97 Å². The van der Waals surface area contributed by atoms with Gasteiger partial charge in [-0.1, -0.05) is 18.2 Å². The third kappa shape index (κ3) is 10.6. The first-order chi connectivity index (χ1) is 18.6. The van der Waals surface area contributed by atoms with Crippen LogP contribution in [0.2, 0.25) is 0 Å². The summed E-state index contributed by atoms with van der Waals surface area (Å²) in [6, 6.07) is 4.34. The summed E-state index contributed by atoms with van der Waals surface area (Å²) in [5, 5.41) is 18.2. The van der Waals surface area contributed by atoms with Gasteiger partial charge in [0.05, 0.1) is 12.6 Å². The van der Waals surface area contributed by atoms with Crippen LogP contribution in [0.3, 0.4) is 0 Å². The molecule has 0 aliphatic heterocycles. The quantitative estimate of drug-likeness (QED) is 0.0628. The number of nitrogens with zero attached hydrogens (tertiary/aromatic N) is 1. The number of guanidine groups is 1. The molecule has 0 aliphatic carbocycles. The molecule has 2 aromatic rings. The van der Waals surface area contributed by atoms with E-state index in [1.807, 2.05) is 24.3 Å². The van der Waals surface area contributed by atoms with E-state index < -0.39 is 48.4 Å². The third-order valence-corrected chi connectivity index (χ3v) is 6.04. The van der Waals surface area contributed by atoms with Crippen molar-refractivity contribution >= 4 is 40.6 Å². The standard InChI is InChI=1S/C25H39N9O5/c26-10-4-3-9-19(33-21(35)14-32-22(36)17(27)7-5-11-30-25(28)29)23(37)34-20(24(38)39)12-15-13-31-18-8-2-1-6-16(15)18/h1-2,6,8,13,17,19-20,31H,3-5,7,9-12,14,26-27H2,(H,32,36)(H,33,35)(H,34,37)(H,38,39)(H4,28,29,30). The summed E-state index contributed by atoms with van der Waals surface area (Å²) in [5.74, 6) is -3.06. The van der Waals surface area contributed by atoms with Crippen molar-refractivity contribution in [1.29, 1.82) is 0 Å². The van der Waals surface area contributed by atoms with E-state index in [4.69, 9.17) is 22.9 Å². The Labute approximate surface area is 226 Å². The molecule has 0 radical (unpaired) electrons. The highest BCUT2D eigenvalue weighted by molar-refractivity contribution is 5.93. The molecule has 214 valence electrons. The Kier molecular flexibility index (Phi) is 12.7. The number of carbonyl (C=O) groups excluding carboxylic acids is 3. The van der Waals surface area contributed by atoms with Gasteiger partial charge < -0.3 is 49.0 Å². The Morgan fingerprint density at radius 2 is 1.72 bits per heavy atom. The second-order valence-electron chi connectivity index (χ2n) is 9.14. The minimum Gasteiger partial charge on any atom is -0.480 e. The molecule has 1 aromatic heterocycles. The number of nitrogens with two attached hydrogens (primary N) is 4. The van der Waals surface area contributed by atoms with Crippen molar-refractivity contribution in [3.05, 3.63) is 36.0 Å². The number of benzene rings is 1. The van der Waals surface area contributed by atoms with Crippen LogP contribution < -0.4 is 38.9 Å². The van der Waals surface area contributed by atoms with Gasteiger partial charge in [-0.15, -0.1) is 0 Å². The van der Waals surface area contributed by atoms with Gasteiger partial charge in [0.25, 0.3) is 0 Å². The molecule has 0 spiro atoms. The van der Waals surface area contributed by atoms with Gasteiger partial charge in [-0.3, -0.25) is 19.4 Å². The Morgan fingerprint density at radius 1 is 0.974 bits per heavy atom. The highest BCUT2D eigenvalue weighted by Gasteiger charge is 2.27. The first kappa shape index (κ1) is 31.1. The SMILES string of the molecule is NCCCCC(NC(=O)CNC(=O)C(N)CCCN=C(N)N)C(=O)NC(Cc1c[nH]c2ccccc12)C(=O)O. The van der Waals surface area contributed by atoms with Gasteiger partial charge in [0.2, 0.25) is 17.7 Å². The average molecular weight is 546 g/mol. The number of hydrogen-bond acceptors (Lipinski definition) is 7. The van der Waals surface area contributed by atoms with E-state index in [1.54, 1.807) is 6.20 Å². The zero-order valence-corrected chi connectivity index (χ0v) is 21.8. The van der Waals surface area contributed by atoms with Crippen LogP contribution in [0.4, 0.5) is 0 Å².